The van der Waals surface area contributed by atoms with E-state index in [1.807, 2.05) is 6.26 Å². The average Bonchev–Trinajstić information content (AvgIpc) is 2.81. The second-order valence-electron chi connectivity index (χ2n) is 3.29. The van der Waals surface area contributed by atoms with Crippen LogP contribution in [0.2, 0.25) is 5.02 Å². The first kappa shape index (κ1) is 14.4. The highest BCUT2D eigenvalue weighted by atomic mass is 35.5. The zero-order valence-electron chi connectivity index (χ0n) is 9.61. The Labute approximate surface area is 127 Å². The van der Waals surface area contributed by atoms with Gasteiger partial charge in [-0.2, -0.15) is 0 Å². The molecule has 0 bridgehead atoms. The Morgan fingerprint density at radius 1 is 1.42 bits per heavy atom. The van der Waals surface area contributed by atoms with Crippen LogP contribution in [0, 0.1) is 5.82 Å². The van der Waals surface area contributed by atoms with Crippen molar-refractivity contribution in [2.75, 3.05) is 16.9 Å². The fraction of sp³-hybridized carbons (Fsp3) is 0.100. The molecule has 19 heavy (non-hydrogen) atoms. The summed E-state index contributed by atoms with van der Waals surface area (Å²) in [7, 11) is 0. The summed E-state index contributed by atoms with van der Waals surface area (Å²) in [6.07, 6.45) is 1.92. The van der Waals surface area contributed by atoms with E-state index in [0.29, 0.717) is 15.9 Å². The fourth-order valence-corrected chi connectivity index (χ4v) is 2.81. The Kier molecular flexibility index (Phi) is 4.92. The molecule has 0 radical (unpaired) electrons. The second kappa shape index (κ2) is 6.47. The molecule has 2 aromatic rings. The molecule has 1 heterocycles. The van der Waals surface area contributed by atoms with Crippen LogP contribution in [0.5, 0.6) is 0 Å². The predicted octanol–water partition coefficient (Wildman–Crippen LogP) is 3.86. The first-order valence-corrected chi connectivity index (χ1v) is 7.82. The summed E-state index contributed by atoms with van der Waals surface area (Å²) in [6, 6.07) is 4.27. The van der Waals surface area contributed by atoms with E-state index >= 15 is 0 Å². The van der Waals surface area contributed by atoms with Crippen LogP contribution in [0.3, 0.4) is 0 Å². The molecule has 0 unspecified atom stereocenters. The van der Waals surface area contributed by atoms with E-state index in [4.69, 9.17) is 23.8 Å². The van der Waals surface area contributed by atoms with E-state index < -0.39 is 5.82 Å². The van der Waals surface area contributed by atoms with Crippen LogP contribution in [0.15, 0.2) is 22.5 Å². The van der Waals surface area contributed by atoms with Crippen molar-refractivity contribution in [1.29, 1.82) is 0 Å². The van der Waals surface area contributed by atoms with E-state index in [-0.39, 0.29) is 5.02 Å². The Morgan fingerprint density at radius 2 is 2.21 bits per heavy atom. The minimum absolute atomic E-state index is 0.0355. The highest BCUT2D eigenvalue weighted by molar-refractivity contribution is 8.00. The van der Waals surface area contributed by atoms with Gasteiger partial charge in [0.25, 0.3) is 0 Å². The lowest BCUT2D eigenvalue weighted by Crippen LogP contribution is -2.18. The monoisotopic (exact) mass is 334 g/mol. The highest BCUT2D eigenvalue weighted by Crippen LogP contribution is 2.23. The molecule has 2 rings (SSSR count). The lowest BCUT2D eigenvalue weighted by molar-refractivity contribution is 0.628. The number of nitrogens with one attached hydrogen (secondary N) is 2. The number of hydrogen-bond acceptors (Lipinski definition) is 5. The molecule has 0 saturated heterocycles. The van der Waals surface area contributed by atoms with Gasteiger partial charge in [0, 0.05) is 5.69 Å². The van der Waals surface area contributed by atoms with E-state index in [1.165, 1.54) is 35.2 Å². The molecule has 4 nitrogen and oxygen atoms in total. The van der Waals surface area contributed by atoms with Gasteiger partial charge in [-0.25, -0.2) is 4.39 Å². The molecule has 100 valence electrons. The van der Waals surface area contributed by atoms with Crippen LogP contribution in [0.4, 0.5) is 15.2 Å². The van der Waals surface area contributed by atoms with Gasteiger partial charge in [0.15, 0.2) is 9.45 Å². The maximum Gasteiger partial charge on any atom is 0.212 e. The number of hydrogen-bond donors (Lipinski definition) is 2. The molecule has 1 aromatic heterocycles. The van der Waals surface area contributed by atoms with E-state index in [9.17, 15) is 4.39 Å². The fourth-order valence-electron chi connectivity index (χ4n) is 1.18. The summed E-state index contributed by atoms with van der Waals surface area (Å²) < 4.78 is 13.8. The zero-order valence-corrected chi connectivity index (χ0v) is 12.8. The highest BCUT2D eigenvalue weighted by Gasteiger charge is 2.06. The number of aromatic nitrogens is 2. The number of halogens is 2. The normalized spacial score (nSPS) is 10.3. The molecule has 0 atom stereocenters. The number of benzene rings is 1. The van der Waals surface area contributed by atoms with Gasteiger partial charge < -0.3 is 10.6 Å². The van der Waals surface area contributed by atoms with Crippen LogP contribution in [0.1, 0.15) is 0 Å². The van der Waals surface area contributed by atoms with Crippen molar-refractivity contribution in [3.8, 4) is 0 Å². The molecule has 0 amide bonds. The van der Waals surface area contributed by atoms with Crippen molar-refractivity contribution in [2.45, 2.75) is 4.34 Å². The van der Waals surface area contributed by atoms with Crippen LogP contribution in [-0.4, -0.2) is 21.6 Å². The third-order valence-electron chi connectivity index (χ3n) is 1.98. The number of nitrogens with zero attached hydrogens (tertiary/aromatic N) is 2. The predicted molar refractivity (Wildman–Crippen MR) is 82.9 cm³/mol. The molecule has 1 aromatic carbocycles. The molecule has 0 saturated carbocycles. The number of thioether (sulfide) groups is 1. The summed E-state index contributed by atoms with van der Waals surface area (Å²) in [6.45, 7) is 0. The van der Waals surface area contributed by atoms with Crippen molar-refractivity contribution in [3.05, 3.63) is 29.0 Å². The van der Waals surface area contributed by atoms with Crippen molar-refractivity contribution in [3.63, 3.8) is 0 Å². The van der Waals surface area contributed by atoms with Gasteiger partial charge in [-0.1, -0.05) is 34.7 Å². The van der Waals surface area contributed by atoms with Gasteiger partial charge in [-0.3, -0.25) is 0 Å². The summed E-state index contributed by atoms with van der Waals surface area (Å²) in [5.41, 5.74) is 0.596. The molecule has 9 heteroatoms. The topological polar surface area (TPSA) is 49.8 Å². The van der Waals surface area contributed by atoms with Gasteiger partial charge in [0.1, 0.15) is 5.82 Å². The van der Waals surface area contributed by atoms with Gasteiger partial charge in [-0.05, 0) is 36.7 Å². The summed E-state index contributed by atoms with van der Waals surface area (Å²) in [4.78, 5) is 0. The van der Waals surface area contributed by atoms with Gasteiger partial charge in [0.05, 0.1) is 5.02 Å². The number of anilines is 2. The van der Waals surface area contributed by atoms with Crippen LogP contribution in [-0.2, 0) is 0 Å². The van der Waals surface area contributed by atoms with Gasteiger partial charge in [-0.15, -0.1) is 10.2 Å². The van der Waals surface area contributed by atoms with E-state index in [0.717, 1.165) is 4.34 Å². The standard InChI is InChI=1S/C10H8ClFN4S3/c1-18-10-16-15-9(19-10)14-8(17)13-5-2-3-7(12)6(11)4-5/h2-4H,1H3,(H2,13,14,15,17). The average molecular weight is 335 g/mol. The van der Waals surface area contributed by atoms with Crippen molar-refractivity contribution >= 4 is 62.8 Å². The quantitative estimate of drug-likeness (QED) is 0.656. The van der Waals surface area contributed by atoms with Gasteiger partial charge >= 0.3 is 0 Å². The third kappa shape index (κ3) is 4.00. The lowest BCUT2D eigenvalue weighted by Gasteiger charge is -2.08. The Bertz CT molecular complexity index is 604. The van der Waals surface area contributed by atoms with Crippen LogP contribution in [0.25, 0.3) is 0 Å². The Morgan fingerprint density at radius 3 is 2.84 bits per heavy atom. The molecule has 0 spiro atoms. The lowest BCUT2D eigenvalue weighted by atomic mass is 10.3. The largest absolute Gasteiger partial charge is 0.332 e. The molecule has 0 aliphatic rings. The minimum Gasteiger partial charge on any atom is -0.332 e. The van der Waals surface area contributed by atoms with Crippen molar-refractivity contribution < 1.29 is 4.39 Å². The molecule has 0 aliphatic heterocycles. The van der Waals surface area contributed by atoms with Crippen molar-refractivity contribution in [2.24, 2.45) is 0 Å². The molecular formula is C10H8ClFN4S3. The van der Waals surface area contributed by atoms with E-state index in [1.54, 1.807) is 6.07 Å². The summed E-state index contributed by atoms with van der Waals surface area (Å²) in [5.74, 6) is -0.472. The zero-order chi connectivity index (χ0) is 13.8. The Balaban J connectivity index is 1.98. The van der Waals surface area contributed by atoms with Crippen LogP contribution < -0.4 is 10.6 Å². The first-order chi connectivity index (χ1) is 9.08. The number of rotatable bonds is 3. The molecule has 0 aliphatic carbocycles. The molecule has 0 fully saturated rings. The SMILES string of the molecule is CSc1nnc(NC(=S)Nc2ccc(F)c(Cl)c2)s1. The Hall–Kier alpha value is -0.960. The third-order valence-corrected chi connectivity index (χ3v) is 4.29. The molecule has 2 N–H and O–H groups in total. The van der Waals surface area contributed by atoms with Crippen molar-refractivity contribution in [1.82, 2.24) is 10.2 Å². The minimum atomic E-state index is -0.472. The first-order valence-electron chi connectivity index (χ1n) is 4.99. The molecular weight excluding hydrogens is 327 g/mol. The van der Waals surface area contributed by atoms with E-state index in [2.05, 4.69) is 20.8 Å². The van der Waals surface area contributed by atoms with Gasteiger partial charge in [0.2, 0.25) is 5.13 Å². The smallest absolute Gasteiger partial charge is 0.212 e. The summed E-state index contributed by atoms with van der Waals surface area (Å²) in [5, 5.41) is 14.6. The second-order valence-corrected chi connectivity index (χ2v) is 6.13. The maximum atomic E-state index is 13.0. The maximum absolute atomic E-state index is 13.0. The summed E-state index contributed by atoms with van der Waals surface area (Å²) >= 11 is 13.7. The number of thiocarbonyl (C=S) groups is 1. The van der Waals surface area contributed by atoms with Crippen LogP contribution >= 0.6 is 46.9 Å².